The van der Waals surface area contributed by atoms with Gasteiger partial charge in [0.25, 0.3) is 0 Å². The van der Waals surface area contributed by atoms with Gasteiger partial charge < -0.3 is 15.4 Å². The first kappa shape index (κ1) is 13.8. The lowest BCUT2D eigenvalue weighted by Gasteiger charge is -2.36. The highest BCUT2D eigenvalue weighted by Gasteiger charge is 2.32. The second-order valence-electron chi connectivity index (χ2n) is 6.73. The van der Waals surface area contributed by atoms with E-state index in [1.54, 1.807) is 0 Å². The van der Waals surface area contributed by atoms with Gasteiger partial charge in [-0.05, 0) is 56.9 Å². The summed E-state index contributed by atoms with van der Waals surface area (Å²) in [5.74, 6) is 1.75. The molecular weight excluding hydrogens is 236 g/mol. The molecule has 0 aromatic carbocycles. The first-order chi connectivity index (χ1) is 9.43. The molecule has 0 bridgehead atoms. The summed E-state index contributed by atoms with van der Waals surface area (Å²) >= 11 is 0. The summed E-state index contributed by atoms with van der Waals surface area (Å²) in [5, 5.41) is 7.49. The van der Waals surface area contributed by atoms with Crippen LogP contribution in [0.4, 0.5) is 0 Å². The second kappa shape index (κ2) is 7.05. The molecular formula is C16H30N2O. The molecule has 3 fully saturated rings. The van der Waals surface area contributed by atoms with Crippen LogP contribution in [-0.4, -0.2) is 38.4 Å². The van der Waals surface area contributed by atoms with Crippen molar-refractivity contribution in [3.05, 3.63) is 0 Å². The third kappa shape index (κ3) is 4.17. The highest BCUT2D eigenvalue weighted by Crippen LogP contribution is 2.30. The summed E-state index contributed by atoms with van der Waals surface area (Å²) in [5.41, 5.74) is 0. The van der Waals surface area contributed by atoms with Gasteiger partial charge in [-0.2, -0.15) is 0 Å². The molecule has 0 amide bonds. The minimum absolute atomic E-state index is 0.730. The topological polar surface area (TPSA) is 33.3 Å². The Balaban J connectivity index is 1.36. The first-order valence-corrected chi connectivity index (χ1v) is 8.48. The van der Waals surface area contributed by atoms with E-state index in [1.165, 1.54) is 57.9 Å². The molecule has 1 heterocycles. The molecule has 1 aliphatic heterocycles. The van der Waals surface area contributed by atoms with E-state index in [0.717, 1.165) is 43.7 Å². The van der Waals surface area contributed by atoms with Crippen molar-refractivity contribution in [3.8, 4) is 0 Å². The highest BCUT2D eigenvalue weighted by molar-refractivity contribution is 4.91. The monoisotopic (exact) mass is 266 g/mol. The van der Waals surface area contributed by atoms with E-state index in [0.29, 0.717) is 0 Å². The molecule has 0 spiro atoms. The van der Waals surface area contributed by atoms with Gasteiger partial charge in [0.05, 0.1) is 6.61 Å². The summed E-state index contributed by atoms with van der Waals surface area (Å²) in [6.45, 7) is 4.18. The average molecular weight is 266 g/mol. The van der Waals surface area contributed by atoms with Gasteiger partial charge in [-0.25, -0.2) is 0 Å². The molecule has 19 heavy (non-hydrogen) atoms. The predicted octanol–water partition coefficient (Wildman–Crippen LogP) is 2.31. The number of hydrogen-bond donors (Lipinski definition) is 2. The second-order valence-corrected chi connectivity index (χ2v) is 6.73. The zero-order chi connectivity index (χ0) is 12.9. The molecule has 110 valence electrons. The third-order valence-corrected chi connectivity index (χ3v) is 5.14. The smallest absolute Gasteiger partial charge is 0.0591 e. The van der Waals surface area contributed by atoms with Gasteiger partial charge in [-0.3, -0.25) is 0 Å². The summed E-state index contributed by atoms with van der Waals surface area (Å²) in [6, 6.07) is 1.51. The van der Waals surface area contributed by atoms with E-state index < -0.39 is 0 Å². The summed E-state index contributed by atoms with van der Waals surface area (Å²) < 4.78 is 5.73. The normalized spacial score (nSPS) is 35.7. The largest absolute Gasteiger partial charge is 0.380 e. The molecule has 1 saturated heterocycles. The maximum Gasteiger partial charge on any atom is 0.0591 e. The fourth-order valence-corrected chi connectivity index (χ4v) is 3.82. The molecule has 0 radical (unpaired) electrons. The van der Waals surface area contributed by atoms with Crippen LogP contribution in [0.1, 0.15) is 51.4 Å². The molecule has 2 saturated carbocycles. The molecule has 3 rings (SSSR count). The lowest BCUT2D eigenvalue weighted by Crippen LogP contribution is -2.47. The van der Waals surface area contributed by atoms with Crippen molar-refractivity contribution in [3.63, 3.8) is 0 Å². The van der Waals surface area contributed by atoms with Crippen LogP contribution >= 0.6 is 0 Å². The molecule has 2 aliphatic carbocycles. The molecule has 3 heteroatoms. The van der Waals surface area contributed by atoms with Crippen molar-refractivity contribution in [2.75, 3.05) is 26.3 Å². The predicted molar refractivity (Wildman–Crippen MR) is 78.3 cm³/mol. The lowest BCUT2D eigenvalue weighted by atomic mass is 9.79. The van der Waals surface area contributed by atoms with E-state index in [2.05, 4.69) is 10.6 Å². The van der Waals surface area contributed by atoms with Gasteiger partial charge in [0.2, 0.25) is 0 Å². The molecule has 0 aromatic rings. The van der Waals surface area contributed by atoms with Crippen LogP contribution in [0.25, 0.3) is 0 Å². The van der Waals surface area contributed by atoms with Crippen LogP contribution in [0.5, 0.6) is 0 Å². The van der Waals surface area contributed by atoms with Crippen LogP contribution in [0.2, 0.25) is 0 Å². The Morgan fingerprint density at radius 3 is 2.68 bits per heavy atom. The average Bonchev–Trinajstić information content (AvgIpc) is 3.11. The number of hydrogen-bond acceptors (Lipinski definition) is 3. The van der Waals surface area contributed by atoms with Crippen LogP contribution in [0, 0.1) is 11.8 Å². The van der Waals surface area contributed by atoms with Crippen molar-refractivity contribution < 1.29 is 4.74 Å². The van der Waals surface area contributed by atoms with Gasteiger partial charge in [0.1, 0.15) is 0 Å². The summed E-state index contributed by atoms with van der Waals surface area (Å²) in [7, 11) is 0. The maximum atomic E-state index is 5.73. The van der Waals surface area contributed by atoms with Crippen LogP contribution in [-0.2, 0) is 4.74 Å². The molecule has 0 aromatic heterocycles. The number of rotatable bonds is 7. The van der Waals surface area contributed by atoms with Crippen molar-refractivity contribution in [2.45, 2.75) is 63.5 Å². The Morgan fingerprint density at radius 1 is 1.00 bits per heavy atom. The molecule has 2 N–H and O–H groups in total. The van der Waals surface area contributed by atoms with Crippen LogP contribution < -0.4 is 10.6 Å². The van der Waals surface area contributed by atoms with E-state index in [4.69, 9.17) is 4.74 Å². The van der Waals surface area contributed by atoms with Crippen molar-refractivity contribution >= 4 is 0 Å². The Hall–Kier alpha value is -0.120. The standard InChI is InChI=1S/C16H30N2O/c1-2-5-15(14(4-1)16-6-3-9-17-16)18-10-11-19-12-13-7-8-13/h13-18H,1-12H2. The van der Waals surface area contributed by atoms with E-state index >= 15 is 0 Å². The Kier molecular flexibility index (Phi) is 5.14. The van der Waals surface area contributed by atoms with Gasteiger partial charge in [-0.15, -0.1) is 0 Å². The van der Waals surface area contributed by atoms with Gasteiger partial charge >= 0.3 is 0 Å². The Bertz CT molecular complexity index is 261. The van der Waals surface area contributed by atoms with Gasteiger partial charge in [-0.1, -0.05) is 12.8 Å². The summed E-state index contributed by atoms with van der Waals surface area (Å²) in [6.07, 6.45) is 11.2. The third-order valence-electron chi connectivity index (χ3n) is 5.14. The number of nitrogens with one attached hydrogen (secondary N) is 2. The van der Waals surface area contributed by atoms with Crippen LogP contribution in [0.3, 0.4) is 0 Å². The summed E-state index contributed by atoms with van der Waals surface area (Å²) in [4.78, 5) is 0. The minimum atomic E-state index is 0.730. The fraction of sp³-hybridized carbons (Fsp3) is 1.00. The van der Waals surface area contributed by atoms with Gasteiger partial charge in [0.15, 0.2) is 0 Å². The van der Waals surface area contributed by atoms with Crippen LogP contribution in [0.15, 0.2) is 0 Å². The zero-order valence-corrected chi connectivity index (χ0v) is 12.2. The Morgan fingerprint density at radius 2 is 1.89 bits per heavy atom. The quantitative estimate of drug-likeness (QED) is 0.694. The minimum Gasteiger partial charge on any atom is -0.380 e. The fourth-order valence-electron chi connectivity index (χ4n) is 3.82. The first-order valence-electron chi connectivity index (χ1n) is 8.48. The van der Waals surface area contributed by atoms with E-state index in [-0.39, 0.29) is 0 Å². The van der Waals surface area contributed by atoms with E-state index in [1.807, 2.05) is 0 Å². The maximum absolute atomic E-state index is 5.73. The Labute approximate surface area is 117 Å². The van der Waals surface area contributed by atoms with E-state index in [9.17, 15) is 0 Å². The zero-order valence-electron chi connectivity index (χ0n) is 12.2. The molecule has 3 aliphatic rings. The number of ether oxygens (including phenoxy) is 1. The molecule has 3 atom stereocenters. The van der Waals surface area contributed by atoms with Crippen molar-refractivity contribution in [1.82, 2.24) is 10.6 Å². The lowest BCUT2D eigenvalue weighted by molar-refractivity contribution is 0.117. The highest BCUT2D eigenvalue weighted by atomic mass is 16.5. The van der Waals surface area contributed by atoms with Gasteiger partial charge in [0, 0.05) is 25.2 Å². The molecule has 3 nitrogen and oxygen atoms in total. The molecule has 3 unspecified atom stereocenters. The SMILES string of the molecule is C1CNC(C2CCCCC2NCCOCC2CC2)C1. The van der Waals surface area contributed by atoms with Crippen molar-refractivity contribution in [2.24, 2.45) is 11.8 Å². The van der Waals surface area contributed by atoms with Crippen molar-refractivity contribution in [1.29, 1.82) is 0 Å².